The lowest BCUT2D eigenvalue weighted by atomic mass is 9.97. The Morgan fingerprint density at radius 3 is 2.36 bits per heavy atom. The third kappa shape index (κ3) is 3.88. The summed E-state index contributed by atoms with van der Waals surface area (Å²) in [6.45, 7) is 6.90. The van der Waals surface area contributed by atoms with Crippen LogP contribution in [0.3, 0.4) is 0 Å². The first kappa shape index (κ1) is 16.1. The van der Waals surface area contributed by atoms with Gasteiger partial charge in [-0.05, 0) is 60.2 Å². The van der Waals surface area contributed by atoms with Gasteiger partial charge in [0.2, 0.25) is 0 Å². The normalized spacial score (nSPS) is 10.5. The second-order valence-corrected chi connectivity index (χ2v) is 5.56. The lowest BCUT2D eigenvalue weighted by Crippen LogP contribution is -2.01. The Kier molecular flexibility index (Phi) is 5.21. The SMILES string of the molecule is CCCOc1c(C)cc(-c2cccc(CC(=O)O)c2)cc1C. The summed E-state index contributed by atoms with van der Waals surface area (Å²) in [5.74, 6) is 0.139. The Morgan fingerprint density at radius 2 is 1.77 bits per heavy atom. The molecule has 1 N–H and O–H groups in total. The minimum Gasteiger partial charge on any atom is -0.493 e. The standard InChI is InChI=1S/C19H22O3/c1-4-8-22-19-13(2)9-17(10-14(19)3)16-7-5-6-15(11-16)12-18(20)21/h5-7,9-11H,4,8,12H2,1-3H3,(H,20,21). The number of carboxylic acid groups (broad SMARTS) is 1. The summed E-state index contributed by atoms with van der Waals surface area (Å²) in [7, 11) is 0. The predicted molar refractivity (Wildman–Crippen MR) is 88.5 cm³/mol. The van der Waals surface area contributed by atoms with Crippen LogP contribution in [-0.2, 0) is 11.2 Å². The molecular formula is C19H22O3. The van der Waals surface area contributed by atoms with E-state index in [1.165, 1.54) is 0 Å². The van der Waals surface area contributed by atoms with E-state index < -0.39 is 5.97 Å². The topological polar surface area (TPSA) is 46.5 Å². The Balaban J connectivity index is 2.35. The molecule has 0 heterocycles. The van der Waals surface area contributed by atoms with Crippen molar-refractivity contribution in [2.45, 2.75) is 33.6 Å². The van der Waals surface area contributed by atoms with Gasteiger partial charge in [-0.2, -0.15) is 0 Å². The van der Waals surface area contributed by atoms with Gasteiger partial charge in [0.1, 0.15) is 5.75 Å². The zero-order valence-electron chi connectivity index (χ0n) is 13.3. The molecule has 116 valence electrons. The summed E-state index contributed by atoms with van der Waals surface area (Å²) in [5.41, 5.74) is 5.14. The molecule has 0 saturated heterocycles. The van der Waals surface area contributed by atoms with Crippen molar-refractivity contribution in [1.29, 1.82) is 0 Å². The van der Waals surface area contributed by atoms with Gasteiger partial charge in [0, 0.05) is 0 Å². The number of aliphatic carboxylic acids is 1. The number of carbonyl (C=O) groups is 1. The number of benzene rings is 2. The van der Waals surface area contributed by atoms with Crippen LogP contribution in [0.25, 0.3) is 11.1 Å². The monoisotopic (exact) mass is 298 g/mol. The number of aryl methyl sites for hydroxylation is 2. The van der Waals surface area contributed by atoms with Gasteiger partial charge in [-0.25, -0.2) is 0 Å². The van der Waals surface area contributed by atoms with Gasteiger partial charge >= 0.3 is 5.97 Å². The van der Waals surface area contributed by atoms with Gasteiger partial charge in [0.15, 0.2) is 0 Å². The van der Waals surface area contributed by atoms with E-state index in [1.54, 1.807) is 0 Å². The van der Waals surface area contributed by atoms with Crippen LogP contribution in [0.15, 0.2) is 36.4 Å². The van der Waals surface area contributed by atoms with Crippen LogP contribution in [0.4, 0.5) is 0 Å². The summed E-state index contributed by atoms with van der Waals surface area (Å²) in [6, 6.07) is 11.9. The smallest absolute Gasteiger partial charge is 0.307 e. The van der Waals surface area contributed by atoms with Gasteiger partial charge in [-0.3, -0.25) is 4.79 Å². The van der Waals surface area contributed by atoms with Crippen LogP contribution in [-0.4, -0.2) is 17.7 Å². The fourth-order valence-corrected chi connectivity index (χ4v) is 2.58. The highest BCUT2D eigenvalue weighted by Crippen LogP contribution is 2.30. The molecule has 2 aromatic carbocycles. The van der Waals surface area contributed by atoms with E-state index in [0.717, 1.165) is 46.6 Å². The van der Waals surface area contributed by atoms with Crippen molar-refractivity contribution >= 4 is 5.97 Å². The molecule has 22 heavy (non-hydrogen) atoms. The van der Waals surface area contributed by atoms with Crippen LogP contribution >= 0.6 is 0 Å². The van der Waals surface area contributed by atoms with Crippen molar-refractivity contribution in [2.75, 3.05) is 6.61 Å². The van der Waals surface area contributed by atoms with E-state index in [0.29, 0.717) is 0 Å². The van der Waals surface area contributed by atoms with E-state index >= 15 is 0 Å². The minimum absolute atomic E-state index is 0.0451. The summed E-state index contributed by atoms with van der Waals surface area (Å²) in [6.07, 6.45) is 1.03. The molecular weight excluding hydrogens is 276 g/mol. The Hall–Kier alpha value is -2.29. The first-order chi connectivity index (χ1) is 10.5. The van der Waals surface area contributed by atoms with E-state index in [4.69, 9.17) is 9.84 Å². The number of hydrogen-bond donors (Lipinski definition) is 1. The second-order valence-electron chi connectivity index (χ2n) is 5.56. The third-order valence-electron chi connectivity index (χ3n) is 3.53. The van der Waals surface area contributed by atoms with Crippen molar-refractivity contribution in [3.8, 4) is 16.9 Å². The summed E-state index contributed by atoms with van der Waals surface area (Å²) in [5, 5.41) is 8.92. The number of ether oxygens (including phenoxy) is 1. The molecule has 0 fully saturated rings. The van der Waals surface area contributed by atoms with E-state index in [1.807, 2.05) is 38.1 Å². The van der Waals surface area contributed by atoms with Gasteiger partial charge < -0.3 is 9.84 Å². The van der Waals surface area contributed by atoms with Crippen LogP contribution < -0.4 is 4.74 Å². The molecule has 0 saturated carbocycles. The largest absolute Gasteiger partial charge is 0.493 e. The molecule has 0 radical (unpaired) electrons. The zero-order valence-corrected chi connectivity index (χ0v) is 13.3. The number of rotatable bonds is 6. The third-order valence-corrected chi connectivity index (χ3v) is 3.53. The molecule has 0 aliphatic carbocycles. The van der Waals surface area contributed by atoms with Crippen molar-refractivity contribution in [1.82, 2.24) is 0 Å². The van der Waals surface area contributed by atoms with Crippen molar-refractivity contribution in [3.05, 3.63) is 53.1 Å². The summed E-state index contributed by atoms with van der Waals surface area (Å²) < 4.78 is 5.81. The molecule has 0 aliphatic heterocycles. The van der Waals surface area contributed by atoms with Crippen LogP contribution in [0.1, 0.15) is 30.0 Å². The second kappa shape index (κ2) is 7.12. The molecule has 0 spiro atoms. The van der Waals surface area contributed by atoms with Gasteiger partial charge in [-0.15, -0.1) is 0 Å². The van der Waals surface area contributed by atoms with Gasteiger partial charge in [0.05, 0.1) is 13.0 Å². The van der Waals surface area contributed by atoms with Gasteiger partial charge in [-0.1, -0.05) is 31.2 Å². The van der Waals surface area contributed by atoms with Crippen molar-refractivity contribution in [2.24, 2.45) is 0 Å². The average molecular weight is 298 g/mol. The highest BCUT2D eigenvalue weighted by Gasteiger charge is 2.09. The molecule has 0 aromatic heterocycles. The zero-order chi connectivity index (χ0) is 16.1. The summed E-state index contributed by atoms with van der Waals surface area (Å²) >= 11 is 0. The molecule has 0 atom stereocenters. The van der Waals surface area contributed by atoms with E-state index in [-0.39, 0.29) is 6.42 Å². The lowest BCUT2D eigenvalue weighted by molar-refractivity contribution is -0.136. The van der Waals surface area contributed by atoms with Crippen LogP contribution in [0, 0.1) is 13.8 Å². The van der Waals surface area contributed by atoms with Crippen molar-refractivity contribution in [3.63, 3.8) is 0 Å². The van der Waals surface area contributed by atoms with Gasteiger partial charge in [0.25, 0.3) is 0 Å². The highest BCUT2D eigenvalue weighted by atomic mass is 16.5. The molecule has 3 nitrogen and oxygen atoms in total. The molecule has 0 unspecified atom stereocenters. The van der Waals surface area contributed by atoms with Crippen LogP contribution in [0.2, 0.25) is 0 Å². The van der Waals surface area contributed by atoms with E-state index in [2.05, 4.69) is 19.1 Å². The minimum atomic E-state index is -0.812. The lowest BCUT2D eigenvalue weighted by Gasteiger charge is -2.14. The Labute approximate surface area is 131 Å². The maximum absolute atomic E-state index is 10.9. The first-order valence-corrected chi connectivity index (χ1v) is 7.56. The Morgan fingerprint density at radius 1 is 1.09 bits per heavy atom. The molecule has 3 heteroatoms. The van der Waals surface area contributed by atoms with Crippen molar-refractivity contribution < 1.29 is 14.6 Å². The molecule has 2 aromatic rings. The predicted octanol–water partition coefficient (Wildman–Crippen LogP) is 4.39. The molecule has 2 rings (SSSR count). The maximum Gasteiger partial charge on any atom is 0.307 e. The summed E-state index contributed by atoms with van der Waals surface area (Å²) in [4.78, 5) is 10.9. The highest BCUT2D eigenvalue weighted by molar-refractivity contribution is 5.73. The average Bonchev–Trinajstić information content (AvgIpc) is 2.46. The first-order valence-electron chi connectivity index (χ1n) is 7.56. The molecule has 0 aliphatic rings. The van der Waals surface area contributed by atoms with Crippen LogP contribution in [0.5, 0.6) is 5.75 Å². The number of hydrogen-bond acceptors (Lipinski definition) is 2. The fraction of sp³-hybridized carbons (Fsp3) is 0.316. The number of carboxylic acids is 1. The quantitative estimate of drug-likeness (QED) is 0.860. The Bertz CT molecular complexity index is 651. The molecule has 0 bridgehead atoms. The maximum atomic E-state index is 10.9. The molecule has 0 amide bonds. The van der Waals surface area contributed by atoms with E-state index in [9.17, 15) is 4.79 Å². The fourth-order valence-electron chi connectivity index (χ4n) is 2.58.